The molecule has 4 rings (SSSR count). The normalized spacial score (nSPS) is 21.8. The number of hydrogen-bond acceptors (Lipinski definition) is 5. The van der Waals surface area contributed by atoms with E-state index >= 15 is 0 Å². The molecule has 2 aliphatic heterocycles. The Kier molecular flexibility index (Phi) is 4.58. The molecule has 0 saturated carbocycles. The third-order valence-electron chi connectivity index (χ3n) is 4.77. The highest BCUT2D eigenvalue weighted by molar-refractivity contribution is 5.74. The minimum Gasteiger partial charge on any atom is -0.445 e. The van der Waals surface area contributed by atoms with Crippen LogP contribution in [0.2, 0.25) is 0 Å². The summed E-state index contributed by atoms with van der Waals surface area (Å²) in [6.07, 6.45) is 4.27. The molecule has 1 fully saturated rings. The molecule has 3 heterocycles. The standard InChI is InChI=1S/C20H21N3O3/c21-19-7-6-15(10-22-19)16-8-17-12-25-13-18(9-16)23(17)20(24)26-11-14-4-2-1-3-5-14/h1-8,10,17-18H,9,11-13H2,(H2,21,22). The van der Waals surface area contributed by atoms with Crippen molar-refractivity contribution < 1.29 is 14.3 Å². The van der Waals surface area contributed by atoms with E-state index in [9.17, 15) is 4.79 Å². The van der Waals surface area contributed by atoms with Gasteiger partial charge in [0.1, 0.15) is 12.4 Å². The summed E-state index contributed by atoms with van der Waals surface area (Å²) in [5, 5.41) is 0. The lowest BCUT2D eigenvalue weighted by Crippen LogP contribution is -2.56. The van der Waals surface area contributed by atoms with E-state index in [0.717, 1.165) is 11.1 Å². The average Bonchev–Trinajstić information content (AvgIpc) is 2.66. The maximum atomic E-state index is 12.7. The Bertz CT molecular complexity index is 805. The number of fused-ring (bicyclic) bond motifs is 2. The van der Waals surface area contributed by atoms with Crippen LogP contribution in [0.3, 0.4) is 0 Å². The van der Waals surface area contributed by atoms with E-state index in [0.29, 0.717) is 25.5 Å². The Morgan fingerprint density at radius 2 is 2.08 bits per heavy atom. The van der Waals surface area contributed by atoms with Gasteiger partial charge in [0.2, 0.25) is 0 Å². The zero-order valence-corrected chi connectivity index (χ0v) is 14.4. The van der Waals surface area contributed by atoms with Crippen LogP contribution < -0.4 is 5.73 Å². The van der Waals surface area contributed by atoms with Gasteiger partial charge in [-0.3, -0.25) is 4.90 Å². The largest absolute Gasteiger partial charge is 0.445 e. The third-order valence-corrected chi connectivity index (χ3v) is 4.77. The predicted octanol–water partition coefficient (Wildman–Crippen LogP) is 2.86. The van der Waals surface area contributed by atoms with Gasteiger partial charge in [0.25, 0.3) is 0 Å². The number of anilines is 1. The summed E-state index contributed by atoms with van der Waals surface area (Å²) in [5.74, 6) is 0.500. The van der Waals surface area contributed by atoms with E-state index in [1.54, 1.807) is 17.2 Å². The smallest absolute Gasteiger partial charge is 0.411 e. The van der Waals surface area contributed by atoms with Crippen LogP contribution in [0.5, 0.6) is 0 Å². The van der Waals surface area contributed by atoms with Gasteiger partial charge in [-0.2, -0.15) is 0 Å². The topological polar surface area (TPSA) is 77.7 Å². The molecule has 1 aromatic heterocycles. The third kappa shape index (κ3) is 3.41. The first-order valence-electron chi connectivity index (χ1n) is 8.70. The second-order valence-electron chi connectivity index (χ2n) is 6.57. The van der Waals surface area contributed by atoms with E-state index in [-0.39, 0.29) is 24.8 Å². The van der Waals surface area contributed by atoms with E-state index in [1.807, 2.05) is 36.4 Å². The Balaban J connectivity index is 1.49. The number of rotatable bonds is 3. The van der Waals surface area contributed by atoms with Gasteiger partial charge in [-0.25, -0.2) is 9.78 Å². The molecule has 6 heteroatoms. The van der Waals surface area contributed by atoms with Crippen LogP contribution in [0, 0.1) is 0 Å². The molecule has 2 unspecified atom stereocenters. The summed E-state index contributed by atoms with van der Waals surface area (Å²) in [6, 6.07) is 13.3. The van der Waals surface area contributed by atoms with Crippen molar-refractivity contribution in [3.63, 3.8) is 0 Å². The van der Waals surface area contributed by atoms with E-state index in [4.69, 9.17) is 15.2 Å². The summed E-state index contributed by atoms with van der Waals surface area (Å²) in [4.78, 5) is 18.6. The molecule has 0 aliphatic carbocycles. The van der Waals surface area contributed by atoms with Gasteiger partial charge in [-0.05, 0) is 35.3 Å². The first-order valence-corrected chi connectivity index (χ1v) is 8.70. The molecule has 1 saturated heterocycles. The quantitative estimate of drug-likeness (QED) is 0.920. The molecule has 6 nitrogen and oxygen atoms in total. The molecule has 2 N–H and O–H groups in total. The summed E-state index contributed by atoms with van der Waals surface area (Å²) >= 11 is 0. The van der Waals surface area contributed by atoms with Crippen LogP contribution in [0.25, 0.3) is 5.57 Å². The number of carbonyl (C=O) groups is 1. The van der Waals surface area contributed by atoms with Gasteiger partial charge in [-0.15, -0.1) is 0 Å². The van der Waals surface area contributed by atoms with Gasteiger partial charge in [0.15, 0.2) is 0 Å². The van der Waals surface area contributed by atoms with E-state index in [2.05, 4.69) is 11.1 Å². The number of nitrogens with zero attached hydrogens (tertiary/aromatic N) is 2. The van der Waals surface area contributed by atoms with Crippen LogP contribution in [0.4, 0.5) is 10.6 Å². The van der Waals surface area contributed by atoms with Gasteiger partial charge in [0.05, 0.1) is 25.3 Å². The fraction of sp³-hybridized carbons (Fsp3) is 0.300. The lowest BCUT2D eigenvalue weighted by molar-refractivity contribution is -0.0342. The van der Waals surface area contributed by atoms with Crippen molar-refractivity contribution in [2.45, 2.75) is 25.1 Å². The Morgan fingerprint density at radius 1 is 1.23 bits per heavy atom. The average molecular weight is 351 g/mol. The Hall–Kier alpha value is -2.86. The maximum absolute atomic E-state index is 12.7. The highest BCUT2D eigenvalue weighted by atomic mass is 16.6. The zero-order valence-electron chi connectivity index (χ0n) is 14.4. The molecule has 2 atom stereocenters. The molecular formula is C20H21N3O3. The minimum absolute atomic E-state index is 0.0328. The van der Waals surface area contributed by atoms with E-state index < -0.39 is 0 Å². The fourth-order valence-electron chi connectivity index (χ4n) is 3.48. The number of amides is 1. The number of benzene rings is 1. The van der Waals surface area contributed by atoms with Crippen molar-refractivity contribution in [2.24, 2.45) is 0 Å². The summed E-state index contributed by atoms with van der Waals surface area (Å²) in [7, 11) is 0. The van der Waals surface area contributed by atoms with Crippen molar-refractivity contribution in [3.8, 4) is 0 Å². The lowest BCUT2D eigenvalue weighted by atomic mass is 9.91. The number of aromatic nitrogens is 1. The van der Waals surface area contributed by atoms with Crippen LogP contribution in [0.1, 0.15) is 17.5 Å². The van der Waals surface area contributed by atoms with Crippen molar-refractivity contribution in [2.75, 3.05) is 18.9 Å². The highest BCUT2D eigenvalue weighted by Crippen LogP contribution is 2.33. The van der Waals surface area contributed by atoms with Gasteiger partial charge in [0, 0.05) is 6.20 Å². The summed E-state index contributed by atoms with van der Waals surface area (Å²) in [6.45, 7) is 1.26. The van der Waals surface area contributed by atoms with E-state index in [1.165, 1.54) is 5.57 Å². The van der Waals surface area contributed by atoms with Crippen molar-refractivity contribution in [1.82, 2.24) is 9.88 Å². The van der Waals surface area contributed by atoms with Crippen molar-refractivity contribution in [1.29, 1.82) is 0 Å². The molecule has 2 aliphatic rings. The number of pyridine rings is 1. The van der Waals surface area contributed by atoms with Crippen LogP contribution in [-0.4, -0.2) is 41.3 Å². The maximum Gasteiger partial charge on any atom is 0.411 e. The van der Waals surface area contributed by atoms with Crippen LogP contribution in [0.15, 0.2) is 54.7 Å². The monoisotopic (exact) mass is 351 g/mol. The molecular weight excluding hydrogens is 330 g/mol. The molecule has 2 aromatic rings. The zero-order chi connectivity index (χ0) is 17.9. The SMILES string of the molecule is Nc1ccc(C2=CC3COCC(C2)N3C(=O)OCc2ccccc2)cn1. The number of ether oxygens (including phenoxy) is 2. The molecule has 1 amide bonds. The molecule has 26 heavy (non-hydrogen) atoms. The second kappa shape index (κ2) is 7.17. The number of hydrogen-bond donors (Lipinski definition) is 1. The van der Waals surface area contributed by atoms with Crippen LogP contribution >= 0.6 is 0 Å². The highest BCUT2D eigenvalue weighted by Gasteiger charge is 2.39. The molecule has 0 spiro atoms. The Labute approximate surface area is 152 Å². The first kappa shape index (κ1) is 16.6. The van der Waals surface area contributed by atoms with Gasteiger partial charge >= 0.3 is 6.09 Å². The molecule has 134 valence electrons. The van der Waals surface area contributed by atoms with Crippen molar-refractivity contribution in [3.05, 3.63) is 65.9 Å². The summed E-state index contributed by atoms with van der Waals surface area (Å²) in [5.41, 5.74) is 8.85. The van der Waals surface area contributed by atoms with Gasteiger partial charge < -0.3 is 15.2 Å². The van der Waals surface area contributed by atoms with Gasteiger partial charge in [-0.1, -0.05) is 36.4 Å². The molecule has 0 radical (unpaired) electrons. The fourth-order valence-corrected chi connectivity index (χ4v) is 3.48. The number of nitrogen functional groups attached to an aromatic ring is 1. The van der Waals surface area contributed by atoms with Crippen molar-refractivity contribution >= 4 is 17.5 Å². The minimum atomic E-state index is -0.294. The first-order chi connectivity index (χ1) is 12.7. The molecule has 2 bridgehead atoms. The Morgan fingerprint density at radius 3 is 2.81 bits per heavy atom. The van der Waals surface area contributed by atoms with Crippen LogP contribution in [-0.2, 0) is 16.1 Å². The number of morpholine rings is 1. The lowest BCUT2D eigenvalue weighted by Gasteiger charge is -2.43. The number of nitrogens with two attached hydrogens (primary N) is 1. The number of carbonyl (C=O) groups excluding carboxylic acids is 1. The second-order valence-corrected chi connectivity index (χ2v) is 6.57. The molecule has 1 aromatic carbocycles. The predicted molar refractivity (Wildman–Crippen MR) is 98.1 cm³/mol. The summed E-state index contributed by atoms with van der Waals surface area (Å²) < 4.78 is 11.2.